The van der Waals surface area contributed by atoms with Crippen LogP contribution < -0.4 is 70.0 Å². The number of carbonyl (C=O) groups is 13. The highest BCUT2D eigenvalue weighted by atomic mass is 32.1. The highest BCUT2D eigenvalue weighted by Crippen LogP contribution is 2.20. The van der Waals surface area contributed by atoms with Crippen molar-refractivity contribution in [2.75, 3.05) is 18.1 Å². The molecule has 0 aliphatic heterocycles. The molecule has 0 radical (unpaired) electrons. The molecule has 0 aliphatic carbocycles. The Morgan fingerprint density at radius 1 is 0.510 bits per heavy atom. The Balaban J connectivity index is 1.33. The van der Waals surface area contributed by atoms with Crippen LogP contribution in [0.25, 0.3) is 10.9 Å². The third-order valence-corrected chi connectivity index (χ3v) is 15.6. The van der Waals surface area contributed by atoms with Gasteiger partial charge in [-0.1, -0.05) is 74.5 Å². The maximum Gasteiger partial charge on any atom is 0.305 e. The number of aliphatic hydroxyl groups excluding tert-OH is 1. The van der Waals surface area contributed by atoms with Gasteiger partial charge in [-0.2, -0.15) is 25.3 Å². The third kappa shape index (κ3) is 23.7. The van der Waals surface area contributed by atoms with E-state index in [0.717, 1.165) is 0 Å². The molecular weight excluding hydrogens is 1290 g/mol. The van der Waals surface area contributed by atoms with Crippen molar-refractivity contribution >= 4 is 113 Å². The SMILES string of the molecule is CC(C)[C@H](NC(=O)[C@H](Cc1c[nH]c2ccccc12)NC(=O)[C@H](CC(=O)O)NC(=O)[C@H](C)NC(=O)[C@@H](N)CS)C(=O)N[C@@H](CS)C(=O)N[C@@H](Cc1ccc(O)cc1)C(=O)N[C@@H](C)C(=O)N[C@@H](Cc1cnc[nH]1)C(=O)N[C@H](C(=O)N[C@@H](Cc1ccccc1)C(=O)NCC(N)=O)[C@@H](C)O. The molecule has 12 amide bonds. The number of aromatic hydroxyl groups is 1. The molecule has 32 nitrogen and oxygen atoms in total. The van der Waals surface area contributed by atoms with Gasteiger partial charge in [0.2, 0.25) is 70.9 Å². The van der Waals surface area contributed by atoms with Crippen LogP contribution in [0.3, 0.4) is 0 Å². The predicted octanol–water partition coefficient (Wildman–Crippen LogP) is -3.95. The summed E-state index contributed by atoms with van der Waals surface area (Å²) in [6.45, 7) is 6.28. The van der Waals surface area contributed by atoms with Gasteiger partial charge in [-0.25, -0.2) is 4.98 Å². The molecule has 5 rings (SSSR count). The fourth-order valence-corrected chi connectivity index (χ4v) is 9.95. The largest absolute Gasteiger partial charge is 0.508 e. The monoisotopic (exact) mass is 1370 g/mol. The minimum Gasteiger partial charge on any atom is -0.508 e. The number of aliphatic hydroxyl groups is 1. The number of H-pyrrole nitrogens is 2. The van der Waals surface area contributed by atoms with Crippen molar-refractivity contribution in [2.24, 2.45) is 17.4 Å². The van der Waals surface area contributed by atoms with Crippen LogP contribution in [0.2, 0.25) is 0 Å². The predicted molar refractivity (Wildman–Crippen MR) is 354 cm³/mol. The second kappa shape index (κ2) is 37.1. The van der Waals surface area contributed by atoms with Crippen molar-refractivity contribution < 1.29 is 77.6 Å². The Kier molecular flexibility index (Phi) is 29.7. The Labute approximate surface area is 562 Å². The Morgan fingerprint density at radius 2 is 0.990 bits per heavy atom. The Morgan fingerprint density at radius 3 is 1.55 bits per heavy atom. The van der Waals surface area contributed by atoms with E-state index in [9.17, 15) is 77.6 Å². The van der Waals surface area contributed by atoms with Gasteiger partial charge in [-0.3, -0.25) is 62.3 Å². The van der Waals surface area contributed by atoms with Crippen LogP contribution in [-0.2, 0) is 88.0 Å². The number of carboxylic acid groups (broad SMARTS) is 1. The topological polar surface area (TPSA) is 511 Å². The molecule has 34 heteroatoms. The van der Waals surface area contributed by atoms with E-state index >= 15 is 0 Å². The molecule has 5 aromatic rings. The summed E-state index contributed by atoms with van der Waals surface area (Å²) in [7, 11) is 0. The van der Waals surface area contributed by atoms with Gasteiger partial charge >= 0.3 is 5.97 Å². The smallest absolute Gasteiger partial charge is 0.305 e. The van der Waals surface area contributed by atoms with E-state index in [1.807, 2.05) is 0 Å². The van der Waals surface area contributed by atoms with Gasteiger partial charge in [-0.15, -0.1) is 0 Å². The molecule has 12 atom stereocenters. The summed E-state index contributed by atoms with van der Waals surface area (Å²) >= 11 is 8.29. The summed E-state index contributed by atoms with van der Waals surface area (Å²) in [5, 5.41) is 58.5. The van der Waals surface area contributed by atoms with Crippen molar-refractivity contribution in [3.63, 3.8) is 0 Å². The van der Waals surface area contributed by atoms with E-state index < -0.39 is 174 Å². The number of fused-ring (bicyclic) bond motifs is 1. The lowest BCUT2D eigenvalue weighted by Crippen LogP contribution is -2.62. The summed E-state index contributed by atoms with van der Waals surface area (Å²) < 4.78 is 0. The second-order valence-electron chi connectivity index (χ2n) is 22.9. The third-order valence-electron chi connectivity index (χ3n) is 14.9. The van der Waals surface area contributed by atoms with Crippen molar-refractivity contribution in [1.29, 1.82) is 0 Å². The molecule has 0 unspecified atom stereocenters. The molecule has 518 valence electrons. The van der Waals surface area contributed by atoms with Crippen molar-refractivity contribution in [2.45, 2.75) is 139 Å². The van der Waals surface area contributed by atoms with Crippen LogP contribution in [0.15, 0.2) is 97.6 Å². The lowest BCUT2D eigenvalue weighted by Gasteiger charge is -2.29. The molecule has 0 saturated heterocycles. The number of hydrogen-bond acceptors (Lipinski definition) is 19. The number of carbonyl (C=O) groups excluding carboxylic acids is 12. The number of carboxylic acids is 1. The number of amides is 12. The van der Waals surface area contributed by atoms with Crippen LogP contribution in [0.1, 0.15) is 63.4 Å². The minimum atomic E-state index is -1.80. The Hall–Kier alpha value is -10.1. The molecule has 20 N–H and O–H groups in total. The number of thiol groups is 2. The van der Waals surface area contributed by atoms with Crippen LogP contribution >= 0.6 is 25.3 Å². The van der Waals surface area contributed by atoms with E-state index in [4.69, 9.17) is 11.5 Å². The normalized spacial score (nSPS) is 14.9. The summed E-state index contributed by atoms with van der Waals surface area (Å²) in [5.74, 6) is -14.2. The van der Waals surface area contributed by atoms with Crippen molar-refractivity contribution in [3.8, 4) is 5.75 Å². The average Bonchev–Trinajstić information content (AvgIpc) is 1.59. The summed E-state index contributed by atoms with van der Waals surface area (Å²) in [6.07, 6.45) is 0.758. The molecular formula is C62H82N16O16S2. The molecule has 96 heavy (non-hydrogen) atoms. The average molecular weight is 1370 g/mol. The first-order chi connectivity index (χ1) is 45.5. The van der Waals surface area contributed by atoms with E-state index in [1.54, 1.807) is 74.6 Å². The zero-order valence-electron chi connectivity index (χ0n) is 53.0. The number of benzene rings is 3. The van der Waals surface area contributed by atoms with Gasteiger partial charge in [-0.05, 0) is 61.6 Å². The van der Waals surface area contributed by atoms with Gasteiger partial charge < -0.3 is 95.2 Å². The van der Waals surface area contributed by atoms with Gasteiger partial charge in [0.1, 0.15) is 66.2 Å². The molecule has 0 bridgehead atoms. The first-order valence-electron chi connectivity index (χ1n) is 30.3. The van der Waals surface area contributed by atoms with E-state index in [2.05, 4.69) is 98.7 Å². The minimum absolute atomic E-state index is 0.0650. The molecule has 2 aromatic heterocycles. The van der Waals surface area contributed by atoms with Gasteiger partial charge in [0.15, 0.2) is 0 Å². The number of primary amides is 1. The lowest BCUT2D eigenvalue weighted by molar-refractivity contribution is -0.141. The molecule has 0 saturated carbocycles. The number of para-hydroxylation sites is 1. The maximum atomic E-state index is 14.5. The van der Waals surface area contributed by atoms with E-state index in [1.165, 1.54) is 57.6 Å². The first-order valence-corrected chi connectivity index (χ1v) is 31.6. The molecule has 2 heterocycles. The number of nitrogens with one attached hydrogen (secondary N) is 13. The molecule has 0 fully saturated rings. The van der Waals surface area contributed by atoms with Crippen LogP contribution in [-0.4, -0.2) is 198 Å². The van der Waals surface area contributed by atoms with Crippen molar-refractivity contribution in [3.05, 3.63) is 120 Å². The number of aromatic amines is 2. The zero-order chi connectivity index (χ0) is 70.9. The van der Waals surface area contributed by atoms with E-state index in [0.29, 0.717) is 33.3 Å². The number of imidazole rings is 1. The standard InChI is InChI=1S/C62H82N16O16S2/c1-30(2)50(77-58(90)44(21-36-24-66-41-14-10-9-13-39(36)41)74-57(89)46(23-49(82)83)72-52(84)31(3)69-54(86)40(63)27-95)61(93)76-47(28-96)60(92)73-43(20-35-15-17-38(80)18-16-35)56(88)70-32(4)53(85)71-45(22-37-25-65-29-68-37)59(91)78-51(33(5)79)62(94)75-42(55(87)67-26-48(64)81)19-34-11-7-6-8-12-34/h6-18,24-25,29-33,40,42-47,50-51,66,79-80,95-96H,19-23,26-28,63H2,1-5H3,(H2,64,81)(H,65,68)(H,67,87)(H,69,86)(H,70,88)(H,71,85)(H,72,84)(H,73,92)(H,74,89)(H,75,94)(H,76,93)(H,77,90)(H,78,91)(H,82,83)/t31-,32-,33+,40-,42-,43-,44-,45-,46-,47-,50-,51-/m0/s1. The molecule has 0 aliphatic rings. The number of phenols is 1. The lowest BCUT2D eigenvalue weighted by atomic mass is 10.00. The van der Waals surface area contributed by atoms with Crippen molar-refractivity contribution in [1.82, 2.24) is 73.4 Å². The summed E-state index contributed by atoms with van der Waals surface area (Å²) in [6, 6.07) is 4.57. The maximum absolute atomic E-state index is 14.5. The fraction of sp³-hybridized carbons (Fsp3) is 0.419. The number of nitrogens with two attached hydrogens (primary N) is 2. The van der Waals surface area contributed by atoms with Gasteiger partial charge in [0, 0.05) is 66.2 Å². The summed E-state index contributed by atoms with van der Waals surface area (Å²) in [5.41, 5.74) is 13.4. The number of phenolic OH excluding ortho intramolecular Hbond substituents is 1. The van der Waals surface area contributed by atoms with Crippen LogP contribution in [0.5, 0.6) is 5.75 Å². The molecule has 3 aromatic carbocycles. The van der Waals surface area contributed by atoms with Gasteiger partial charge in [0.05, 0.1) is 31.4 Å². The second-order valence-corrected chi connectivity index (χ2v) is 23.7. The molecule has 0 spiro atoms. The number of rotatable bonds is 37. The zero-order valence-corrected chi connectivity index (χ0v) is 54.8. The number of nitrogens with zero attached hydrogens (tertiary/aromatic N) is 1. The fourth-order valence-electron chi connectivity index (χ4n) is 9.52. The number of aromatic nitrogens is 3. The number of aliphatic carboxylic acids is 1. The van der Waals surface area contributed by atoms with E-state index in [-0.39, 0.29) is 37.2 Å². The first kappa shape index (κ1) is 76.7. The van der Waals surface area contributed by atoms with Crippen LogP contribution in [0.4, 0.5) is 0 Å². The Bertz CT molecular complexity index is 3540. The highest BCUT2D eigenvalue weighted by Gasteiger charge is 2.38. The highest BCUT2D eigenvalue weighted by molar-refractivity contribution is 7.80. The van der Waals surface area contributed by atoms with Gasteiger partial charge in [0.25, 0.3) is 0 Å². The number of hydrogen-bond donors (Lipinski definition) is 20. The summed E-state index contributed by atoms with van der Waals surface area (Å²) in [4.78, 5) is 186. The quantitative estimate of drug-likeness (QED) is 0.0169. The van der Waals surface area contributed by atoms with Crippen LogP contribution in [0, 0.1) is 5.92 Å².